The first-order valence-corrected chi connectivity index (χ1v) is 14.4. The van der Waals surface area contributed by atoms with E-state index in [2.05, 4.69) is 15.5 Å². The number of amides is 2. The highest BCUT2D eigenvalue weighted by atomic mass is 32.2. The largest absolute Gasteiger partial charge is 0.345 e. The molecule has 1 aliphatic heterocycles. The van der Waals surface area contributed by atoms with Gasteiger partial charge < -0.3 is 10.6 Å². The maximum absolute atomic E-state index is 13.1. The highest BCUT2D eigenvalue weighted by Crippen LogP contribution is 2.20. The Kier molecular flexibility index (Phi) is 8.93. The summed E-state index contributed by atoms with van der Waals surface area (Å²) in [6.45, 7) is 6.42. The van der Waals surface area contributed by atoms with Crippen LogP contribution < -0.4 is 10.6 Å². The molecule has 1 heterocycles. The summed E-state index contributed by atoms with van der Waals surface area (Å²) in [6.07, 6.45) is 0. The molecule has 0 spiro atoms. The third-order valence-electron chi connectivity index (χ3n) is 6.75. The first-order valence-electron chi connectivity index (χ1n) is 12.8. The number of sulfonamides is 1. The first kappa shape index (κ1) is 27.5. The van der Waals surface area contributed by atoms with Crippen molar-refractivity contribution in [2.45, 2.75) is 26.4 Å². The van der Waals surface area contributed by atoms with Gasteiger partial charge in [0.05, 0.1) is 23.0 Å². The molecule has 1 saturated heterocycles. The van der Waals surface area contributed by atoms with Crippen molar-refractivity contribution < 1.29 is 18.0 Å². The molecule has 2 amide bonds. The Bertz CT molecular complexity index is 1370. The molecule has 0 aliphatic carbocycles. The average Bonchev–Trinajstić information content (AvgIpc) is 2.94. The van der Waals surface area contributed by atoms with Crippen LogP contribution in [0.4, 0.5) is 5.69 Å². The Hall–Kier alpha value is -3.53. The summed E-state index contributed by atoms with van der Waals surface area (Å²) in [6, 6.07) is 23.8. The first-order chi connectivity index (χ1) is 18.3. The van der Waals surface area contributed by atoms with Crippen molar-refractivity contribution in [3.05, 3.63) is 101 Å². The van der Waals surface area contributed by atoms with Gasteiger partial charge in [-0.3, -0.25) is 14.5 Å². The van der Waals surface area contributed by atoms with Gasteiger partial charge in [0.2, 0.25) is 10.0 Å². The summed E-state index contributed by atoms with van der Waals surface area (Å²) in [5.41, 5.74) is 3.27. The number of nitrogens with one attached hydrogen (secondary N) is 2. The molecule has 200 valence electrons. The molecule has 2 N–H and O–H groups in total. The molecule has 1 fully saturated rings. The minimum atomic E-state index is -3.17. The topological polar surface area (TPSA) is 98.8 Å². The van der Waals surface area contributed by atoms with Crippen molar-refractivity contribution in [2.75, 3.05) is 37.2 Å². The van der Waals surface area contributed by atoms with Gasteiger partial charge in [0, 0.05) is 38.3 Å². The average molecular weight is 535 g/mol. The van der Waals surface area contributed by atoms with Crippen molar-refractivity contribution in [3.8, 4) is 0 Å². The molecule has 1 atom stereocenters. The van der Waals surface area contributed by atoms with Gasteiger partial charge in [-0.05, 0) is 49.2 Å². The number of hydrogen-bond donors (Lipinski definition) is 2. The molecule has 0 aromatic heterocycles. The minimum absolute atomic E-state index is 0.112. The third-order valence-corrected chi connectivity index (χ3v) is 8.63. The number of piperazine rings is 1. The smallest absolute Gasteiger partial charge is 0.255 e. The van der Waals surface area contributed by atoms with Crippen LogP contribution in [0.1, 0.15) is 51.7 Å². The number of carbonyl (C=O) groups excluding carboxylic acids is 2. The molecule has 0 bridgehead atoms. The van der Waals surface area contributed by atoms with Crippen LogP contribution in [0, 0.1) is 0 Å². The Morgan fingerprint density at radius 1 is 0.868 bits per heavy atom. The van der Waals surface area contributed by atoms with E-state index in [1.54, 1.807) is 41.6 Å². The lowest BCUT2D eigenvalue weighted by Gasteiger charge is -2.33. The van der Waals surface area contributed by atoms with Crippen molar-refractivity contribution in [1.82, 2.24) is 14.5 Å². The monoisotopic (exact) mass is 534 g/mol. The van der Waals surface area contributed by atoms with Gasteiger partial charge in [0.25, 0.3) is 11.8 Å². The highest BCUT2D eigenvalue weighted by Gasteiger charge is 2.25. The van der Waals surface area contributed by atoms with Gasteiger partial charge in [-0.1, -0.05) is 54.6 Å². The Balaban J connectivity index is 1.39. The number of anilines is 1. The zero-order valence-electron chi connectivity index (χ0n) is 21.8. The maximum atomic E-state index is 13.1. The highest BCUT2D eigenvalue weighted by molar-refractivity contribution is 7.89. The second kappa shape index (κ2) is 12.3. The van der Waals surface area contributed by atoms with E-state index < -0.39 is 10.0 Å². The molecule has 0 saturated carbocycles. The van der Waals surface area contributed by atoms with Crippen molar-refractivity contribution >= 4 is 27.5 Å². The fraction of sp³-hybridized carbons (Fsp3) is 0.310. The Morgan fingerprint density at radius 3 is 2.26 bits per heavy atom. The SMILES string of the molecule is CCS(=O)(=O)N1CCN(Cc2cccc(C(=O)Nc3ccccc3C(=O)NC(C)c3ccccc3)c2)CC1. The molecule has 3 aromatic rings. The minimum Gasteiger partial charge on any atom is -0.345 e. The van der Waals surface area contributed by atoms with Crippen LogP contribution in [-0.4, -0.2) is 61.4 Å². The van der Waals surface area contributed by atoms with Crippen LogP contribution in [0.3, 0.4) is 0 Å². The van der Waals surface area contributed by atoms with E-state index in [0.29, 0.717) is 49.5 Å². The summed E-state index contributed by atoms with van der Waals surface area (Å²) in [4.78, 5) is 28.4. The van der Waals surface area contributed by atoms with Crippen molar-refractivity contribution in [3.63, 3.8) is 0 Å². The van der Waals surface area contributed by atoms with E-state index in [9.17, 15) is 18.0 Å². The van der Waals surface area contributed by atoms with Gasteiger partial charge >= 0.3 is 0 Å². The summed E-state index contributed by atoms with van der Waals surface area (Å²) in [5.74, 6) is -0.460. The Morgan fingerprint density at radius 2 is 1.55 bits per heavy atom. The van der Waals surface area contributed by atoms with E-state index in [0.717, 1.165) is 11.1 Å². The number of para-hydroxylation sites is 1. The van der Waals surface area contributed by atoms with E-state index >= 15 is 0 Å². The van der Waals surface area contributed by atoms with Crippen LogP contribution >= 0.6 is 0 Å². The molecule has 9 heteroatoms. The molecule has 8 nitrogen and oxygen atoms in total. The van der Waals surface area contributed by atoms with E-state index in [1.165, 1.54) is 0 Å². The number of carbonyl (C=O) groups is 2. The summed E-state index contributed by atoms with van der Waals surface area (Å²) < 4.78 is 25.8. The maximum Gasteiger partial charge on any atom is 0.255 e. The predicted octanol–water partition coefficient (Wildman–Crippen LogP) is 3.90. The van der Waals surface area contributed by atoms with Crippen LogP contribution in [0.25, 0.3) is 0 Å². The number of hydrogen-bond acceptors (Lipinski definition) is 5. The van der Waals surface area contributed by atoms with Crippen LogP contribution in [-0.2, 0) is 16.6 Å². The van der Waals surface area contributed by atoms with Gasteiger partial charge in [0.1, 0.15) is 0 Å². The van der Waals surface area contributed by atoms with Crippen LogP contribution in [0.5, 0.6) is 0 Å². The molecule has 0 radical (unpaired) electrons. The van der Waals surface area contributed by atoms with Gasteiger partial charge in [-0.2, -0.15) is 4.31 Å². The summed E-state index contributed by atoms with van der Waals surface area (Å²) >= 11 is 0. The molecular formula is C29H34N4O4S. The lowest BCUT2D eigenvalue weighted by Crippen LogP contribution is -2.48. The van der Waals surface area contributed by atoms with E-state index in [-0.39, 0.29) is 23.6 Å². The zero-order chi connectivity index (χ0) is 27.1. The Labute approximate surface area is 224 Å². The number of rotatable bonds is 9. The fourth-order valence-corrected chi connectivity index (χ4v) is 5.59. The third kappa shape index (κ3) is 6.86. The quantitative estimate of drug-likeness (QED) is 0.434. The normalized spacial score (nSPS) is 15.5. The summed E-state index contributed by atoms with van der Waals surface area (Å²) in [7, 11) is -3.17. The lowest BCUT2D eigenvalue weighted by molar-refractivity contribution is 0.0940. The fourth-order valence-electron chi connectivity index (χ4n) is 4.50. The van der Waals surface area contributed by atoms with Crippen LogP contribution in [0.2, 0.25) is 0 Å². The standard InChI is InChI=1S/C29H34N4O4S/c1-3-38(36,37)33-18-16-32(17-19-33)21-23-10-9-13-25(20-23)28(34)31-27-15-8-7-14-26(27)29(35)30-22(2)24-11-5-4-6-12-24/h4-15,20,22H,3,16-19,21H2,1-2H3,(H,30,35)(H,31,34). The van der Waals surface area contributed by atoms with Crippen molar-refractivity contribution in [1.29, 1.82) is 0 Å². The van der Waals surface area contributed by atoms with E-state index in [4.69, 9.17) is 0 Å². The molecule has 38 heavy (non-hydrogen) atoms. The predicted molar refractivity (Wildman–Crippen MR) is 149 cm³/mol. The van der Waals surface area contributed by atoms with E-state index in [1.807, 2.05) is 55.5 Å². The molecule has 1 unspecified atom stereocenters. The molecule has 3 aromatic carbocycles. The van der Waals surface area contributed by atoms with Gasteiger partial charge in [-0.25, -0.2) is 8.42 Å². The zero-order valence-corrected chi connectivity index (χ0v) is 22.6. The second-order valence-corrected chi connectivity index (χ2v) is 11.6. The van der Waals surface area contributed by atoms with Crippen LogP contribution in [0.15, 0.2) is 78.9 Å². The van der Waals surface area contributed by atoms with Crippen molar-refractivity contribution in [2.24, 2.45) is 0 Å². The lowest BCUT2D eigenvalue weighted by atomic mass is 10.1. The number of benzene rings is 3. The molecule has 1 aliphatic rings. The second-order valence-electron chi connectivity index (χ2n) is 9.38. The van der Waals surface area contributed by atoms with Gasteiger partial charge in [-0.15, -0.1) is 0 Å². The molecular weight excluding hydrogens is 500 g/mol. The van der Waals surface area contributed by atoms with Gasteiger partial charge in [0.15, 0.2) is 0 Å². The summed E-state index contributed by atoms with van der Waals surface area (Å²) in [5, 5.41) is 5.89. The molecule has 4 rings (SSSR count). The number of nitrogens with zero attached hydrogens (tertiary/aromatic N) is 2.